The van der Waals surface area contributed by atoms with E-state index in [9.17, 15) is 9.50 Å². The third-order valence-corrected chi connectivity index (χ3v) is 4.05. The molecule has 2 nitrogen and oxygen atoms in total. The van der Waals surface area contributed by atoms with Gasteiger partial charge in [0.25, 0.3) is 0 Å². The summed E-state index contributed by atoms with van der Waals surface area (Å²) in [5.74, 6) is -0.254. The molecule has 0 aromatic heterocycles. The zero-order chi connectivity index (χ0) is 13.7. The molecule has 1 fully saturated rings. The number of ether oxygens (including phenoxy) is 1. The molecular weight excluding hydrogens is 311 g/mol. The average molecular weight is 331 g/mol. The summed E-state index contributed by atoms with van der Waals surface area (Å²) in [6.45, 7) is 0.834. The Balaban J connectivity index is 1.80. The maximum atomic E-state index is 13.6. The molecule has 0 bridgehead atoms. The molecule has 1 heterocycles. The van der Waals surface area contributed by atoms with Crippen LogP contribution in [0.3, 0.4) is 0 Å². The molecule has 1 aliphatic heterocycles. The molecule has 1 aromatic rings. The zero-order valence-electron chi connectivity index (χ0n) is 10.9. The molecule has 19 heavy (non-hydrogen) atoms. The minimum Gasteiger partial charge on any atom is -0.393 e. The highest BCUT2D eigenvalue weighted by Crippen LogP contribution is 2.21. The van der Waals surface area contributed by atoms with Crippen molar-refractivity contribution < 1.29 is 14.2 Å². The molecule has 0 radical (unpaired) electrons. The fourth-order valence-corrected chi connectivity index (χ4v) is 2.88. The van der Waals surface area contributed by atoms with E-state index in [1.807, 2.05) is 0 Å². The molecule has 2 unspecified atom stereocenters. The van der Waals surface area contributed by atoms with Crippen LogP contribution >= 0.6 is 15.9 Å². The van der Waals surface area contributed by atoms with E-state index in [4.69, 9.17) is 4.74 Å². The van der Waals surface area contributed by atoms with E-state index in [-0.39, 0.29) is 11.9 Å². The predicted octanol–water partition coefficient (Wildman–Crippen LogP) is 3.84. The fourth-order valence-electron chi connectivity index (χ4n) is 2.47. The Morgan fingerprint density at radius 3 is 3.00 bits per heavy atom. The van der Waals surface area contributed by atoms with Crippen LogP contribution in [0.25, 0.3) is 0 Å². The smallest absolute Gasteiger partial charge is 0.126 e. The van der Waals surface area contributed by atoms with Crippen LogP contribution in [0.2, 0.25) is 0 Å². The molecule has 4 heteroatoms. The first-order valence-electron chi connectivity index (χ1n) is 6.89. The highest BCUT2D eigenvalue weighted by molar-refractivity contribution is 9.10. The lowest BCUT2D eigenvalue weighted by Gasteiger charge is -2.23. The summed E-state index contributed by atoms with van der Waals surface area (Å²) < 4.78 is 20.0. The average Bonchev–Trinajstić information content (AvgIpc) is 2.42. The number of hydrogen-bond donors (Lipinski definition) is 1. The lowest BCUT2D eigenvalue weighted by atomic mass is 9.99. The first kappa shape index (κ1) is 14.9. The van der Waals surface area contributed by atoms with Crippen molar-refractivity contribution in [2.45, 2.75) is 50.7 Å². The van der Waals surface area contributed by atoms with Crippen LogP contribution in [0, 0.1) is 5.82 Å². The van der Waals surface area contributed by atoms with Crippen molar-refractivity contribution in [2.75, 3.05) is 6.61 Å². The first-order valence-corrected chi connectivity index (χ1v) is 7.68. The van der Waals surface area contributed by atoms with Crippen LogP contribution < -0.4 is 0 Å². The molecule has 2 rings (SSSR count). The van der Waals surface area contributed by atoms with Crippen LogP contribution in [0.15, 0.2) is 22.7 Å². The molecule has 2 atom stereocenters. The van der Waals surface area contributed by atoms with Gasteiger partial charge in [0.15, 0.2) is 0 Å². The number of aliphatic hydroxyl groups is 1. The topological polar surface area (TPSA) is 29.5 Å². The molecule has 1 N–H and O–H groups in total. The Kier molecular flexibility index (Phi) is 5.79. The third kappa shape index (κ3) is 4.86. The van der Waals surface area contributed by atoms with E-state index < -0.39 is 6.10 Å². The lowest BCUT2D eigenvalue weighted by Crippen LogP contribution is -2.22. The normalized spacial score (nSPS) is 21.3. The van der Waals surface area contributed by atoms with Gasteiger partial charge in [0.2, 0.25) is 0 Å². The quantitative estimate of drug-likeness (QED) is 0.888. The van der Waals surface area contributed by atoms with E-state index >= 15 is 0 Å². The number of aliphatic hydroxyl groups excluding tert-OH is 1. The minimum absolute atomic E-state index is 0.254. The summed E-state index contributed by atoms with van der Waals surface area (Å²) in [5, 5.41) is 10.0. The second kappa shape index (κ2) is 7.36. The van der Waals surface area contributed by atoms with E-state index in [0.29, 0.717) is 18.4 Å². The molecule has 0 amide bonds. The van der Waals surface area contributed by atoms with Gasteiger partial charge in [0, 0.05) is 17.5 Å². The Morgan fingerprint density at radius 2 is 2.26 bits per heavy atom. The number of halogens is 2. The summed E-state index contributed by atoms with van der Waals surface area (Å²) in [7, 11) is 0. The molecule has 1 aromatic carbocycles. The number of benzene rings is 1. The van der Waals surface area contributed by atoms with Gasteiger partial charge in [-0.2, -0.15) is 0 Å². The standard InChI is InChI=1S/C15H20BrFO2/c16-12-4-7-15(17)11(9-12)10-13(18)5-6-14-3-1-2-8-19-14/h4,7,9,13-14,18H,1-3,5-6,8,10H2. The van der Waals surface area contributed by atoms with Crippen LogP contribution in [0.4, 0.5) is 4.39 Å². The highest BCUT2D eigenvalue weighted by atomic mass is 79.9. The van der Waals surface area contributed by atoms with E-state index in [1.165, 1.54) is 12.5 Å². The largest absolute Gasteiger partial charge is 0.393 e. The molecule has 1 aliphatic rings. The Bertz CT molecular complexity index is 405. The summed E-state index contributed by atoms with van der Waals surface area (Å²) >= 11 is 3.32. The number of rotatable bonds is 5. The summed E-state index contributed by atoms with van der Waals surface area (Å²) in [4.78, 5) is 0. The summed E-state index contributed by atoms with van der Waals surface area (Å²) in [5.41, 5.74) is 0.562. The highest BCUT2D eigenvalue weighted by Gasteiger charge is 2.16. The van der Waals surface area contributed by atoms with Gasteiger partial charge in [-0.15, -0.1) is 0 Å². The predicted molar refractivity (Wildman–Crippen MR) is 76.6 cm³/mol. The SMILES string of the molecule is OC(CCC1CCCCO1)Cc1cc(Br)ccc1F. The minimum atomic E-state index is -0.505. The van der Waals surface area contributed by atoms with Crippen LogP contribution in [0.5, 0.6) is 0 Å². The van der Waals surface area contributed by atoms with Gasteiger partial charge in [-0.05, 0) is 55.9 Å². The van der Waals surface area contributed by atoms with Crippen molar-refractivity contribution in [1.29, 1.82) is 0 Å². The van der Waals surface area contributed by atoms with Crippen LogP contribution in [-0.2, 0) is 11.2 Å². The molecule has 0 spiro atoms. The van der Waals surface area contributed by atoms with Crippen molar-refractivity contribution in [1.82, 2.24) is 0 Å². The second-order valence-corrected chi connectivity index (χ2v) is 6.08. The summed E-state index contributed by atoms with van der Waals surface area (Å²) in [6, 6.07) is 4.83. The molecule has 0 saturated carbocycles. The monoisotopic (exact) mass is 330 g/mol. The second-order valence-electron chi connectivity index (χ2n) is 5.16. The van der Waals surface area contributed by atoms with Crippen molar-refractivity contribution in [2.24, 2.45) is 0 Å². The van der Waals surface area contributed by atoms with E-state index in [2.05, 4.69) is 15.9 Å². The van der Waals surface area contributed by atoms with Gasteiger partial charge < -0.3 is 9.84 Å². The maximum Gasteiger partial charge on any atom is 0.126 e. The van der Waals surface area contributed by atoms with Crippen molar-refractivity contribution in [3.05, 3.63) is 34.1 Å². The molecule has 106 valence electrons. The van der Waals surface area contributed by atoms with Gasteiger partial charge in [-0.3, -0.25) is 0 Å². The Hall–Kier alpha value is -0.450. The van der Waals surface area contributed by atoms with Gasteiger partial charge in [0.05, 0.1) is 12.2 Å². The summed E-state index contributed by atoms with van der Waals surface area (Å²) in [6.07, 6.45) is 5.08. The lowest BCUT2D eigenvalue weighted by molar-refractivity contribution is 0.00230. The van der Waals surface area contributed by atoms with Crippen molar-refractivity contribution in [3.8, 4) is 0 Å². The fraction of sp³-hybridized carbons (Fsp3) is 0.600. The molecular formula is C15H20BrFO2. The Morgan fingerprint density at radius 1 is 1.42 bits per heavy atom. The van der Waals surface area contributed by atoms with Gasteiger partial charge in [-0.1, -0.05) is 15.9 Å². The zero-order valence-corrected chi connectivity index (χ0v) is 12.5. The van der Waals surface area contributed by atoms with Crippen molar-refractivity contribution in [3.63, 3.8) is 0 Å². The van der Waals surface area contributed by atoms with Gasteiger partial charge in [-0.25, -0.2) is 4.39 Å². The van der Waals surface area contributed by atoms with Crippen LogP contribution in [-0.4, -0.2) is 23.9 Å². The van der Waals surface area contributed by atoms with Crippen LogP contribution in [0.1, 0.15) is 37.7 Å². The van der Waals surface area contributed by atoms with Gasteiger partial charge >= 0.3 is 0 Å². The Labute approximate surface area is 122 Å². The molecule has 1 saturated heterocycles. The van der Waals surface area contributed by atoms with Gasteiger partial charge in [0.1, 0.15) is 5.82 Å². The van der Waals surface area contributed by atoms with E-state index in [0.717, 1.165) is 30.3 Å². The molecule has 0 aliphatic carbocycles. The first-order chi connectivity index (χ1) is 9.15. The van der Waals surface area contributed by atoms with E-state index in [1.54, 1.807) is 12.1 Å². The number of hydrogen-bond acceptors (Lipinski definition) is 2. The maximum absolute atomic E-state index is 13.6. The third-order valence-electron chi connectivity index (χ3n) is 3.56. The van der Waals surface area contributed by atoms with Crippen molar-refractivity contribution >= 4 is 15.9 Å².